The second kappa shape index (κ2) is 8.20. The molecule has 4 amide bonds. The van der Waals surface area contributed by atoms with E-state index in [1.54, 1.807) is 12.1 Å². The van der Waals surface area contributed by atoms with E-state index in [-0.39, 0.29) is 24.3 Å². The normalized spacial score (nSPS) is 23.5. The van der Waals surface area contributed by atoms with Crippen LogP contribution < -0.4 is 20.3 Å². The van der Waals surface area contributed by atoms with Crippen LogP contribution in [-0.2, 0) is 16.1 Å². The largest absolute Gasteiger partial charge is 0.485 e. The Labute approximate surface area is 202 Å². The number of carbonyl (C=O) groups is 4. The summed E-state index contributed by atoms with van der Waals surface area (Å²) in [5.74, 6) is -1.02. The van der Waals surface area contributed by atoms with Crippen molar-refractivity contribution in [2.45, 2.75) is 43.9 Å². The molecule has 2 saturated heterocycles. The molecule has 1 atom stereocenters. The van der Waals surface area contributed by atoms with Crippen LogP contribution in [0.4, 0.5) is 5.69 Å². The maximum absolute atomic E-state index is 13.2. The van der Waals surface area contributed by atoms with Gasteiger partial charge in [0, 0.05) is 56.7 Å². The SMILES string of the molecule is O=C1CCC(N2C(=O)c3ccc(N4CCC5(CC4)CNCc4ccccc4O5)cc3C2=O)C(=O)N1. The number of hydrogen-bond acceptors (Lipinski definition) is 7. The zero-order valence-corrected chi connectivity index (χ0v) is 19.2. The molecule has 0 aromatic heterocycles. The van der Waals surface area contributed by atoms with Gasteiger partial charge in [-0.3, -0.25) is 29.4 Å². The van der Waals surface area contributed by atoms with Crippen LogP contribution in [0, 0.1) is 0 Å². The first-order valence-electron chi connectivity index (χ1n) is 12.0. The van der Waals surface area contributed by atoms with Crippen LogP contribution in [0.3, 0.4) is 0 Å². The molecule has 35 heavy (non-hydrogen) atoms. The second-order valence-electron chi connectivity index (χ2n) is 9.66. The summed E-state index contributed by atoms with van der Waals surface area (Å²) in [5, 5.41) is 5.75. The average Bonchev–Trinajstić information content (AvgIpc) is 2.99. The van der Waals surface area contributed by atoms with E-state index >= 15 is 0 Å². The number of carbonyl (C=O) groups excluding carboxylic acids is 4. The Bertz CT molecular complexity index is 1250. The van der Waals surface area contributed by atoms with E-state index in [9.17, 15) is 19.2 Å². The van der Waals surface area contributed by atoms with E-state index in [0.717, 1.165) is 60.9 Å². The number of para-hydroxylation sites is 1. The molecule has 2 N–H and O–H groups in total. The minimum Gasteiger partial charge on any atom is -0.485 e. The molecule has 2 aromatic rings. The molecule has 4 heterocycles. The molecule has 2 aromatic carbocycles. The number of amides is 4. The van der Waals surface area contributed by atoms with Crippen molar-refractivity contribution in [2.75, 3.05) is 24.5 Å². The number of piperidine rings is 2. The molecular formula is C26H26N4O5. The highest BCUT2D eigenvalue weighted by molar-refractivity contribution is 6.23. The molecule has 180 valence electrons. The lowest BCUT2D eigenvalue weighted by Gasteiger charge is -2.42. The molecule has 0 aliphatic carbocycles. The molecule has 2 fully saturated rings. The van der Waals surface area contributed by atoms with Crippen molar-refractivity contribution in [3.63, 3.8) is 0 Å². The van der Waals surface area contributed by atoms with Crippen molar-refractivity contribution in [1.29, 1.82) is 0 Å². The first-order chi connectivity index (χ1) is 16.9. The fraction of sp³-hybridized carbons (Fsp3) is 0.385. The number of nitrogens with zero attached hydrogens (tertiary/aromatic N) is 2. The monoisotopic (exact) mass is 474 g/mol. The number of fused-ring (bicyclic) bond motifs is 2. The van der Waals surface area contributed by atoms with Gasteiger partial charge in [0.05, 0.1) is 11.1 Å². The van der Waals surface area contributed by atoms with E-state index in [1.807, 2.05) is 24.3 Å². The van der Waals surface area contributed by atoms with Crippen molar-refractivity contribution in [2.24, 2.45) is 0 Å². The quantitative estimate of drug-likeness (QED) is 0.637. The molecule has 0 radical (unpaired) electrons. The number of benzene rings is 2. The first kappa shape index (κ1) is 21.8. The molecule has 1 unspecified atom stereocenters. The van der Waals surface area contributed by atoms with Gasteiger partial charge in [0.15, 0.2) is 0 Å². The number of nitrogens with one attached hydrogen (secondary N) is 2. The van der Waals surface area contributed by atoms with Crippen LogP contribution in [0.15, 0.2) is 42.5 Å². The van der Waals surface area contributed by atoms with Crippen LogP contribution in [0.25, 0.3) is 0 Å². The van der Waals surface area contributed by atoms with Gasteiger partial charge in [0.2, 0.25) is 11.8 Å². The molecule has 0 saturated carbocycles. The van der Waals surface area contributed by atoms with Crippen LogP contribution >= 0.6 is 0 Å². The summed E-state index contributed by atoms with van der Waals surface area (Å²) < 4.78 is 6.52. The van der Waals surface area contributed by atoms with Crippen LogP contribution in [0.1, 0.15) is 52.0 Å². The van der Waals surface area contributed by atoms with E-state index < -0.39 is 23.8 Å². The maximum Gasteiger partial charge on any atom is 0.262 e. The Morgan fingerprint density at radius 1 is 0.943 bits per heavy atom. The Kier molecular flexibility index (Phi) is 5.10. The predicted octanol–water partition coefficient (Wildman–Crippen LogP) is 1.61. The first-order valence-corrected chi connectivity index (χ1v) is 12.0. The van der Waals surface area contributed by atoms with Crippen LogP contribution in [-0.4, -0.2) is 59.8 Å². The van der Waals surface area contributed by atoms with Gasteiger partial charge in [-0.1, -0.05) is 18.2 Å². The van der Waals surface area contributed by atoms with Gasteiger partial charge in [-0.15, -0.1) is 0 Å². The lowest BCUT2D eigenvalue weighted by Crippen LogP contribution is -2.54. The summed E-state index contributed by atoms with van der Waals surface area (Å²) in [6, 6.07) is 12.4. The highest BCUT2D eigenvalue weighted by Crippen LogP contribution is 2.36. The molecule has 4 aliphatic rings. The number of anilines is 1. The highest BCUT2D eigenvalue weighted by Gasteiger charge is 2.45. The lowest BCUT2D eigenvalue weighted by molar-refractivity contribution is -0.136. The van der Waals surface area contributed by atoms with E-state index in [0.29, 0.717) is 11.1 Å². The maximum atomic E-state index is 13.2. The van der Waals surface area contributed by atoms with E-state index in [1.165, 1.54) is 0 Å². The summed E-state index contributed by atoms with van der Waals surface area (Å²) in [6.45, 7) is 3.06. The smallest absolute Gasteiger partial charge is 0.262 e. The predicted molar refractivity (Wildman–Crippen MR) is 126 cm³/mol. The number of imide groups is 2. The van der Waals surface area contributed by atoms with Crippen LogP contribution in [0.5, 0.6) is 5.75 Å². The topological polar surface area (TPSA) is 108 Å². The van der Waals surface area contributed by atoms with Crippen molar-refractivity contribution >= 4 is 29.3 Å². The molecule has 6 rings (SSSR count). The highest BCUT2D eigenvalue weighted by atomic mass is 16.5. The van der Waals surface area contributed by atoms with Gasteiger partial charge in [-0.05, 0) is 30.7 Å². The zero-order valence-electron chi connectivity index (χ0n) is 19.2. The average molecular weight is 475 g/mol. The Hall–Kier alpha value is -3.72. The van der Waals surface area contributed by atoms with Crippen molar-refractivity contribution < 1.29 is 23.9 Å². The second-order valence-corrected chi connectivity index (χ2v) is 9.66. The van der Waals surface area contributed by atoms with Gasteiger partial charge in [0.1, 0.15) is 17.4 Å². The lowest BCUT2D eigenvalue weighted by atomic mass is 9.90. The fourth-order valence-electron chi connectivity index (χ4n) is 5.55. The molecule has 0 bridgehead atoms. The van der Waals surface area contributed by atoms with Crippen molar-refractivity contribution in [3.05, 3.63) is 59.2 Å². The molecule has 9 nitrogen and oxygen atoms in total. The standard InChI is InChI=1S/C26H26N4O5/c31-22-8-7-20(23(32)28-22)30-24(33)18-6-5-17(13-19(18)25(30)34)29-11-9-26(10-12-29)15-27-14-16-3-1-2-4-21(16)35-26/h1-6,13,20,27H,7-12,14-15H2,(H,28,31,32). The van der Waals surface area contributed by atoms with Gasteiger partial charge in [0.25, 0.3) is 11.8 Å². The molecule has 4 aliphatic heterocycles. The zero-order chi connectivity index (χ0) is 24.2. The van der Waals surface area contributed by atoms with Gasteiger partial charge < -0.3 is 15.0 Å². The number of rotatable bonds is 2. The summed E-state index contributed by atoms with van der Waals surface area (Å²) in [5.41, 5.74) is 2.35. The summed E-state index contributed by atoms with van der Waals surface area (Å²) in [4.78, 5) is 53.1. The van der Waals surface area contributed by atoms with Crippen LogP contribution in [0.2, 0.25) is 0 Å². The summed E-state index contributed by atoms with van der Waals surface area (Å²) in [6.07, 6.45) is 1.89. The van der Waals surface area contributed by atoms with Gasteiger partial charge >= 0.3 is 0 Å². The fourth-order valence-corrected chi connectivity index (χ4v) is 5.55. The Morgan fingerprint density at radius 2 is 1.71 bits per heavy atom. The van der Waals surface area contributed by atoms with Gasteiger partial charge in [-0.2, -0.15) is 0 Å². The van der Waals surface area contributed by atoms with Crippen molar-refractivity contribution in [3.8, 4) is 5.75 Å². The third-order valence-corrected chi connectivity index (χ3v) is 7.52. The van der Waals surface area contributed by atoms with E-state index in [4.69, 9.17) is 4.74 Å². The third-order valence-electron chi connectivity index (χ3n) is 7.52. The number of hydrogen-bond donors (Lipinski definition) is 2. The molecule has 9 heteroatoms. The Balaban J connectivity index is 1.19. The Morgan fingerprint density at radius 3 is 2.51 bits per heavy atom. The van der Waals surface area contributed by atoms with Gasteiger partial charge in [-0.25, -0.2) is 0 Å². The number of ether oxygens (including phenoxy) is 1. The molecular weight excluding hydrogens is 448 g/mol. The molecule has 1 spiro atoms. The summed E-state index contributed by atoms with van der Waals surface area (Å²) >= 11 is 0. The van der Waals surface area contributed by atoms with E-state index in [2.05, 4.69) is 21.6 Å². The minimum atomic E-state index is -0.957. The summed E-state index contributed by atoms with van der Waals surface area (Å²) in [7, 11) is 0. The third kappa shape index (κ3) is 3.67. The van der Waals surface area contributed by atoms with Crippen molar-refractivity contribution in [1.82, 2.24) is 15.5 Å². The minimum absolute atomic E-state index is 0.103.